The number of carbonyl (C=O) groups excluding carboxylic acids is 1. The zero-order valence-electron chi connectivity index (χ0n) is 9.89. The fourth-order valence-corrected chi connectivity index (χ4v) is 1.51. The number of pyridine rings is 1. The van der Waals surface area contributed by atoms with Crippen molar-refractivity contribution in [2.45, 2.75) is 32.9 Å². The maximum Gasteiger partial charge on any atom is 0.224 e. The van der Waals surface area contributed by atoms with Crippen LogP contribution in [0.4, 0.5) is 0 Å². The number of aromatic nitrogens is 1. The smallest absolute Gasteiger partial charge is 0.224 e. The summed E-state index contributed by atoms with van der Waals surface area (Å²) in [7, 11) is 0. The largest absolute Gasteiger partial charge is 0.336 e. The third kappa shape index (κ3) is 3.62. The quantitative estimate of drug-likeness (QED) is 0.812. The number of nitrogens with zero attached hydrogens (tertiary/aromatic N) is 2. The van der Waals surface area contributed by atoms with Gasteiger partial charge in [-0.05, 0) is 25.5 Å². The first-order chi connectivity index (χ1) is 7.65. The van der Waals surface area contributed by atoms with Gasteiger partial charge < -0.3 is 10.6 Å². The van der Waals surface area contributed by atoms with E-state index in [1.165, 1.54) is 0 Å². The summed E-state index contributed by atoms with van der Waals surface area (Å²) in [5.41, 5.74) is 6.44. The molecule has 0 saturated carbocycles. The molecule has 0 radical (unpaired) electrons. The van der Waals surface area contributed by atoms with Crippen molar-refractivity contribution in [2.24, 2.45) is 5.73 Å². The lowest BCUT2D eigenvalue weighted by Gasteiger charge is -2.26. The Kier molecular flexibility index (Phi) is 4.92. The average Bonchev–Trinajstić information content (AvgIpc) is 2.27. The highest BCUT2D eigenvalue weighted by Crippen LogP contribution is 2.08. The van der Waals surface area contributed by atoms with Crippen LogP contribution in [-0.2, 0) is 11.3 Å². The van der Waals surface area contributed by atoms with E-state index < -0.39 is 0 Å². The Morgan fingerprint density at radius 2 is 2.31 bits per heavy atom. The van der Waals surface area contributed by atoms with E-state index >= 15 is 0 Å². The molecule has 0 aromatic carbocycles. The Morgan fingerprint density at radius 3 is 2.81 bits per heavy atom. The summed E-state index contributed by atoms with van der Waals surface area (Å²) in [6, 6.07) is 4.03. The molecule has 0 aliphatic rings. The molecule has 4 nitrogen and oxygen atoms in total. The fourth-order valence-electron chi connectivity index (χ4n) is 1.51. The van der Waals surface area contributed by atoms with Gasteiger partial charge in [0.05, 0.1) is 0 Å². The molecule has 0 bridgehead atoms. The van der Waals surface area contributed by atoms with Gasteiger partial charge in [0.1, 0.15) is 0 Å². The van der Waals surface area contributed by atoms with Crippen LogP contribution in [0.5, 0.6) is 0 Å². The molecule has 0 unspecified atom stereocenters. The SMILES string of the molecule is CC(C)N(Cc1cccnc1)C(=O)CCN. The van der Waals surface area contributed by atoms with Crippen molar-refractivity contribution < 1.29 is 4.79 Å². The normalized spacial score (nSPS) is 10.5. The summed E-state index contributed by atoms with van der Waals surface area (Å²) in [5.74, 6) is 0.0985. The second-order valence-electron chi connectivity index (χ2n) is 4.02. The van der Waals surface area contributed by atoms with Crippen molar-refractivity contribution in [3.05, 3.63) is 30.1 Å². The molecule has 0 spiro atoms. The average molecular weight is 221 g/mol. The van der Waals surface area contributed by atoms with Gasteiger partial charge in [0.2, 0.25) is 5.91 Å². The summed E-state index contributed by atoms with van der Waals surface area (Å²) in [6.07, 6.45) is 3.91. The van der Waals surface area contributed by atoms with Gasteiger partial charge in [0.15, 0.2) is 0 Å². The van der Waals surface area contributed by atoms with E-state index in [0.717, 1.165) is 5.56 Å². The summed E-state index contributed by atoms with van der Waals surface area (Å²) in [4.78, 5) is 17.7. The molecule has 1 aromatic rings. The lowest BCUT2D eigenvalue weighted by atomic mass is 10.2. The molecule has 2 N–H and O–H groups in total. The van der Waals surface area contributed by atoms with Crippen LogP contribution in [0.25, 0.3) is 0 Å². The molecule has 0 aliphatic carbocycles. The minimum absolute atomic E-state index is 0.0985. The topological polar surface area (TPSA) is 59.2 Å². The second kappa shape index (κ2) is 6.23. The Hall–Kier alpha value is -1.42. The van der Waals surface area contributed by atoms with Crippen LogP contribution >= 0.6 is 0 Å². The van der Waals surface area contributed by atoms with E-state index in [1.54, 1.807) is 12.4 Å². The molecule has 1 rings (SSSR count). The lowest BCUT2D eigenvalue weighted by Crippen LogP contribution is -2.37. The van der Waals surface area contributed by atoms with E-state index in [4.69, 9.17) is 5.73 Å². The number of hydrogen-bond donors (Lipinski definition) is 1. The number of carbonyl (C=O) groups is 1. The van der Waals surface area contributed by atoms with Gasteiger partial charge in [0, 0.05) is 37.9 Å². The van der Waals surface area contributed by atoms with Gasteiger partial charge in [-0.25, -0.2) is 0 Å². The molecule has 0 fully saturated rings. The van der Waals surface area contributed by atoms with Crippen molar-refractivity contribution in [1.82, 2.24) is 9.88 Å². The van der Waals surface area contributed by atoms with E-state index in [-0.39, 0.29) is 11.9 Å². The molecule has 0 aliphatic heterocycles. The maximum absolute atomic E-state index is 11.8. The van der Waals surface area contributed by atoms with Crippen molar-refractivity contribution >= 4 is 5.91 Å². The Balaban J connectivity index is 2.69. The van der Waals surface area contributed by atoms with Gasteiger partial charge in [0.25, 0.3) is 0 Å². The molecule has 1 aromatic heterocycles. The van der Waals surface area contributed by atoms with E-state index in [2.05, 4.69) is 4.98 Å². The minimum atomic E-state index is 0.0985. The van der Waals surface area contributed by atoms with Crippen molar-refractivity contribution in [3.63, 3.8) is 0 Å². The van der Waals surface area contributed by atoms with Crippen LogP contribution in [0.2, 0.25) is 0 Å². The first-order valence-electron chi connectivity index (χ1n) is 5.53. The number of hydrogen-bond acceptors (Lipinski definition) is 3. The predicted octanol–water partition coefficient (Wildman–Crippen LogP) is 1.17. The predicted molar refractivity (Wildman–Crippen MR) is 63.6 cm³/mol. The molecular weight excluding hydrogens is 202 g/mol. The highest BCUT2D eigenvalue weighted by molar-refractivity contribution is 5.76. The lowest BCUT2D eigenvalue weighted by molar-refractivity contribution is -0.133. The van der Waals surface area contributed by atoms with Crippen LogP contribution in [0.3, 0.4) is 0 Å². The third-order valence-electron chi connectivity index (χ3n) is 2.38. The maximum atomic E-state index is 11.8. The van der Waals surface area contributed by atoms with Crippen LogP contribution in [-0.4, -0.2) is 28.4 Å². The minimum Gasteiger partial charge on any atom is -0.336 e. The second-order valence-corrected chi connectivity index (χ2v) is 4.02. The molecule has 88 valence electrons. The number of amides is 1. The van der Waals surface area contributed by atoms with Gasteiger partial charge in [-0.1, -0.05) is 6.07 Å². The van der Waals surface area contributed by atoms with Gasteiger partial charge in [-0.3, -0.25) is 9.78 Å². The molecule has 1 heterocycles. The fraction of sp³-hybridized carbons (Fsp3) is 0.500. The third-order valence-corrected chi connectivity index (χ3v) is 2.38. The summed E-state index contributed by atoms with van der Waals surface area (Å²) in [6.45, 7) is 5.01. The zero-order chi connectivity index (χ0) is 12.0. The molecule has 0 atom stereocenters. The van der Waals surface area contributed by atoms with Crippen molar-refractivity contribution in [2.75, 3.05) is 6.54 Å². The zero-order valence-corrected chi connectivity index (χ0v) is 9.89. The standard InChI is InChI=1S/C12H19N3O/c1-10(2)15(12(16)5-6-13)9-11-4-3-7-14-8-11/h3-4,7-8,10H,5-6,9,13H2,1-2H3. The molecule has 0 saturated heterocycles. The molecule has 1 amide bonds. The first-order valence-corrected chi connectivity index (χ1v) is 5.53. The summed E-state index contributed by atoms with van der Waals surface area (Å²) >= 11 is 0. The van der Waals surface area contributed by atoms with E-state index in [1.807, 2.05) is 30.9 Å². The van der Waals surface area contributed by atoms with Crippen LogP contribution in [0.1, 0.15) is 25.8 Å². The van der Waals surface area contributed by atoms with E-state index in [0.29, 0.717) is 19.5 Å². The number of nitrogens with two attached hydrogens (primary N) is 1. The van der Waals surface area contributed by atoms with Gasteiger partial charge >= 0.3 is 0 Å². The highest BCUT2D eigenvalue weighted by atomic mass is 16.2. The van der Waals surface area contributed by atoms with Crippen LogP contribution in [0.15, 0.2) is 24.5 Å². The van der Waals surface area contributed by atoms with Crippen molar-refractivity contribution in [3.8, 4) is 0 Å². The molecule has 16 heavy (non-hydrogen) atoms. The van der Waals surface area contributed by atoms with Crippen LogP contribution in [0, 0.1) is 0 Å². The van der Waals surface area contributed by atoms with Crippen LogP contribution < -0.4 is 5.73 Å². The van der Waals surface area contributed by atoms with Gasteiger partial charge in [-0.2, -0.15) is 0 Å². The Labute approximate surface area is 96.5 Å². The Bertz CT molecular complexity index is 324. The van der Waals surface area contributed by atoms with Gasteiger partial charge in [-0.15, -0.1) is 0 Å². The summed E-state index contributed by atoms with van der Waals surface area (Å²) in [5, 5.41) is 0. The first kappa shape index (κ1) is 12.6. The van der Waals surface area contributed by atoms with Crippen molar-refractivity contribution in [1.29, 1.82) is 0 Å². The van der Waals surface area contributed by atoms with E-state index in [9.17, 15) is 4.79 Å². The highest BCUT2D eigenvalue weighted by Gasteiger charge is 2.16. The monoisotopic (exact) mass is 221 g/mol. The number of rotatable bonds is 5. The molecule has 4 heteroatoms. The Morgan fingerprint density at radius 1 is 1.56 bits per heavy atom. The molecular formula is C12H19N3O. The summed E-state index contributed by atoms with van der Waals surface area (Å²) < 4.78 is 0.